The first-order valence-electron chi connectivity index (χ1n) is 6.75. The summed E-state index contributed by atoms with van der Waals surface area (Å²) < 4.78 is 0. The lowest BCUT2D eigenvalue weighted by molar-refractivity contribution is -0.136. The topological polar surface area (TPSA) is 76.0 Å². The number of carbonyl (C=O) groups is 1. The van der Waals surface area contributed by atoms with Crippen molar-refractivity contribution < 1.29 is 9.90 Å². The van der Waals surface area contributed by atoms with Gasteiger partial charge in [0.2, 0.25) is 0 Å². The Labute approximate surface area is 127 Å². The molecule has 3 rings (SSSR count). The van der Waals surface area contributed by atoms with E-state index in [1.165, 1.54) is 0 Å². The van der Waals surface area contributed by atoms with Gasteiger partial charge >= 0.3 is 5.97 Å². The molecule has 0 spiro atoms. The van der Waals surface area contributed by atoms with Gasteiger partial charge in [-0.05, 0) is 41.5 Å². The minimum Gasteiger partial charge on any atom is -0.481 e. The predicted molar refractivity (Wildman–Crippen MR) is 82.0 cm³/mol. The van der Waals surface area contributed by atoms with Crippen LogP contribution in [0.25, 0.3) is 22.3 Å². The molecule has 0 aliphatic carbocycles. The highest BCUT2D eigenvalue weighted by Crippen LogP contribution is 2.28. The molecule has 3 heterocycles. The molecule has 0 aromatic carbocycles. The third-order valence-electron chi connectivity index (χ3n) is 3.29. The van der Waals surface area contributed by atoms with Crippen molar-refractivity contribution in [3.8, 4) is 22.3 Å². The molecule has 0 fully saturated rings. The zero-order valence-electron chi connectivity index (χ0n) is 11.7. The Hall–Kier alpha value is -3.08. The van der Waals surface area contributed by atoms with E-state index in [1.807, 2.05) is 30.3 Å². The van der Waals surface area contributed by atoms with Gasteiger partial charge in [0.05, 0.1) is 12.1 Å². The van der Waals surface area contributed by atoms with Crippen molar-refractivity contribution in [3.63, 3.8) is 0 Å². The average Bonchev–Trinajstić information content (AvgIpc) is 2.56. The summed E-state index contributed by atoms with van der Waals surface area (Å²) in [7, 11) is 0. The predicted octanol–water partition coefficient (Wildman–Crippen LogP) is 2.83. The third-order valence-corrected chi connectivity index (χ3v) is 3.29. The molecule has 0 atom stereocenters. The van der Waals surface area contributed by atoms with Gasteiger partial charge in [-0.1, -0.05) is 0 Å². The summed E-state index contributed by atoms with van der Waals surface area (Å²) in [4.78, 5) is 23.4. The maximum absolute atomic E-state index is 11.0. The second kappa shape index (κ2) is 6.13. The fourth-order valence-electron chi connectivity index (χ4n) is 2.26. The summed E-state index contributed by atoms with van der Waals surface area (Å²) >= 11 is 0. The summed E-state index contributed by atoms with van der Waals surface area (Å²) in [6.07, 6.45) is 8.36. The lowest BCUT2D eigenvalue weighted by Gasteiger charge is -2.10. The van der Waals surface area contributed by atoms with E-state index in [0.717, 1.165) is 22.3 Å². The number of hydrogen-bond donors (Lipinski definition) is 1. The molecular weight excluding hydrogens is 278 g/mol. The van der Waals surface area contributed by atoms with Crippen LogP contribution in [0.3, 0.4) is 0 Å². The normalized spacial score (nSPS) is 10.4. The molecule has 0 aliphatic heterocycles. The molecule has 0 saturated heterocycles. The van der Waals surface area contributed by atoms with Gasteiger partial charge in [-0.3, -0.25) is 19.7 Å². The number of carboxylic acids is 1. The maximum atomic E-state index is 11.0. The molecular formula is C17H13N3O2. The summed E-state index contributed by atoms with van der Waals surface area (Å²) in [5, 5.41) is 9.06. The minimum atomic E-state index is -0.903. The number of carboxylic acid groups (broad SMARTS) is 1. The second-order valence-corrected chi connectivity index (χ2v) is 4.76. The van der Waals surface area contributed by atoms with Crippen LogP contribution in [0.4, 0.5) is 0 Å². The molecule has 0 saturated carbocycles. The average molecular weight is 291 g/mol. The van der Waals surface area contributed by atoms with E-state index in [1.54, 1.807) is 31.0 Å². The van der Waals surface area contributed by atoms with Gasteiger partial charge in [0.15, 0.2) is 0 Å². The molecule has 5 heteroatoms. The highest BCUT2D eigenvalue weighted by atomic mass is 16.4. The molecule has 1 N–H and O–H groups in total. The Morgan fingerprint density at radius 2 is 1.50 bits per heavy atom. The number of pyridine rings is 3. The summed E-state index contributed by atoms with van der Waals surface area (Å²) in [5.74, 6) is -0.903. The molecule has 3 aromatic rings. The Morgan fingerprint density at radius 1 is 0.909 bits per heavy atom. The molecule has 3 aromatic heterocycles. The fourth-order valence-corrected chi connectivity index (χ4v) is 2.26. The quantitative estimate of drug-likeness (QED) is 0.800. The van der Waals surface area contributed by atoms with Gasteiger partial charge in [0.1, 0.15) is 0 Å². The van der Waals surface area contributed by atoms with E-state index < -0.39 is 5.97 Å². The van der Waals surface area contributed by atoms with Gasteiger partial charge in [0, 0.05) is 42.1 Å². The molecule has 0 aliphatic rings. The smallest absolute Gasteiger partial charge is 0.309 e. The number of aromatic nitrogens is 3. The van der Waals surface area contributed by atoms with Gasteiger partial charge < -0.3 is 5.11 Å². The van der Waals surface area contributed by atoms with E-state index >= 15 is 0 Å². The first-order valence-corrected chi connectivity index (χ1v) is 6.75. The van der Waals surface area contributed by atoms with Gasteiger partial charge in [-0.25, -0.2) is 0 Å². The van der Waals surface area contributed by atoms with Crippen molar-refractivity contribution in [2.45, 2.75) is 6.42 Å². The van der Waals surface area contributed by atoms with Crippen molar-refractivity contribution >= 4 is 5.97 Å². The summed E-state index contributed by atoms with van der Waals surface area (Å²) in [5.41, 5.74) is 4.15. The van der Waals surface area contributed by atoms with Gasteiger partial charge in [-0.15, -0.1) is 0 Å². The van der Waals surface area contributed by atoms with E-state index in [-0.39, 0.29) is 6.42 Å². The van der Waals surface area contributed by atoms with Gasteiger partial charge in [0.25, 0.3) is 0 Å². The highest BCUT2D eigenvalue weighted by molar-refractivity contribution is 5.78. The molecule has 5 nitrogen and oxygen atoms in total. The van der Waals surface area contributed by atoms with Crippen LogP contribution in [0.5, 0.6) is 0 Å². The largest absolute Gasteiger partial charge is 0.481 e. The van der Waals surface area contributed by atoms with E-state index in [0.29, 0.717) is 5.69 Å². The van der Waals surface area contributed by atoms with E-state index in [2.05, 4.69) is 15.0 Å². The highest BCUT2D eigenvalue weighted by Gasteiger charge is 2.12. The number of aliphatic carboxylic acids is 1. The van der Waals surface area contributed by atoms with Crippen molar-refractivity contribution in [2.24, 2.45) is 0 Å². The molecule has 0 radical (unpaired) electrons. The SMILES string of the molecule is O=C(O)Cc1ncc(-c2ccncc2)cc1-c1ccncc1. The van der Waals surface area contributed by atoms with Crippen molar-refractivity contribution in [3.05, 3.63) is 67.0 Å². The van der Waals surface area contributed by atoms with Crippen LogP contribution < -0.4 is 0 Å². The molecule has 22 heavy (non-hydrogen) atoms. The van der Waals surface area contributed by atoms with E-state index in [4.69, 9.17) is 5.11 Å². The lowest BCUT2D eigenvalue weighted by Crippen LogP contribution is -2.04. The first-order chi connectivity index (χ1) is 10.7. The number of hydrogen-bond acceptors (Lipinski definition) is 4. The van der Waals surface area contributed by atoms with Crippen molar-refractivity contribution in [2.75, 3.05) is 0 Å². The first kappa shape index (κ1) is 13.9. The molecule has 0 amide bonds. The van der Waals surface area contributed by atoms with Crippen LogP contribution >= 0.6 is 0 Å². The number of nitrogens with zero attached hydrogens (tertiary/aromatic N) is 3. The van der Waals surface area contributed by atoms with Gasteiger partial charge in [-0.2, -0.15) is 0 Å². The van der Waals surface area contributed by atoms with Crippen LogP contribution in [-0.4, -0.2) is 26.0 Å². The Bertz CT molecular complexity index is 790. The standard InChI is InChI=1S/C17H13N3O2/c21-17(22)10-16-15(13-3-7-19-8-4-13)9-14(11-20-16)12-1-5-18-6-2-12/h1-9,11H,10H2,(H,21,22). The monoisotopic (exact) mass is 291 g/mol. The second-order valence-electron chi connectivity index (χ2n) is 4.76. The van der Waals surface area contributed by atoms with E-state index in [9.17, 15) is 4.79 Å². The van der Waals surface area contributed by atoms with Crippen LogP contribution in [0, 0.1) is 0 Å². The lowest BCUT2D eigenvalue weighted by atomic mass is 9.99. The zero-order chi connectivity index (χ0) is 15.4. The van der Waals surface area contributed by atoms with Crippen LogP contribution in [-0.2, 0) is 11.2 Å². The third kappa shape index (κ3) is 2.98. The zero-order valence-corrected chi connectivity index (χ0v) is 11.7. The summed E-state index contributed by atoms with van der Waals surface area (Å²) in [6.45, 7) is 0. The van der Waals surface area contributed by atoms with Crippen LogP contribution in [0.15, 0.2) is 61.3 Å². The van der Waals surface area contributed by atoms with Crippen LogP contribution in [0.2, 0.25) is 0 Å². The maximum Gasteiger partial charge on any atom is 0.309 e. The van der Waals surface area contributed by atoms with Crippen LogP contribution in [0.1, 0.15) is 5.69 Å². The summed E-state index contributed by atoms with van der Waals surface area (Å²) in [6, 6.07) is 9.43. The fraction of sp³-hybridized carbons (Fsp3) is 0.0588. The minimum absolute atomic E-state index is 0.117. The molecule has 108 valence electrons. The molecule has 0 bridgehead atoms. The Balaban J connectivity index is 2.12. The molecule has 0 unspecified atom stereocenters. The van der Waals surface area contributed by atoms with Crippen molar-refractivity contribution in [1.29, 1.82) is 0 Å². The Morgan fingerprint density at radius 3 is 2.09 bits per heavy atom. The number of rotatable bonds is 4. The Kier molecular flexibility index (Phi) is 3.87. The van der Waals surface area contributed by atoms with Crippen molar-refractivity contribution in [1.82, 2.24) is 15.0 Å².